The predicted molar refractivity (Wildman–Crippen MR) is 98.7 cm³/mol. The van der Waals surface area contributed by atoms with Crippen molar-refractivity contribution in [2.24, 2.45) is 11.3 Å². The molecule has 1 amide bonds. The molecule has 5 nitrogen and oxygen atoms in total. The Morgan fingerprint density at radius 1 is 1.36 bits per heavy atom. The number of carbonyl (C=O) groups is 1. The van der Waals surface area contributed by atoms with E-state index in [0.29, 0.717) is 18.0 Å². The highest BCUT2D eigenvalue weighted by molar-refractivity contribution is 5.99. The molecular formula is C20H28N2O3. The summed E-state index contributed by atoms with van der Waals surface area (Å²) in [6, 6.07) is 5.81. The van der Waals surface area contributed by atoms with E-state index in [4.69, 9.17) is 0 Å². The van der Waals surface area contributed by atoms with E-state index in [0.717, 1.165) is 23.7 Å². The zero-order chi connectivity index (χ0) is 18.2. The number of H-pyrrole nitrogens is 1. The van der Waals surface area contributed by atoms with E-state index >= 15 is 0 Å². The SMILES string of the molecule is CC1CCc2[nH]c3ccc(C(=O)N(C)CC(C)(CO)CO)cc3c2C1. The molecule has 0 spiro atoms. The van der Waals surface area contributed by atoms with Gasteiger partial charge >= 0.3 is 0 Å². The molecule has 3 N–H and O–H groups in total. The summed E-state index contributed by atoms with van der Waals surface area (Å²) in [6.45, 7) is 4.02. The minimum atomic E-state index is -0.697. The van der Waals surface area contributed by atoms with Crippen molar-refractivity contribution < 1.29 is 15.0 Å². The number of nitrogens with zero attached hydrogens (tertiary/aromatic N) is 1. The smallest absolute Gasteiger partial charge is 0.253 e. The van der Waals surface area contributed by atoms with Crippen molar-refractivity contribution in [2.45, 2.75) is 33.1 Å². The van der Waals surface area contributed by atoms with Crippen LogP contribution < -0.4 is 0 Å². The first-order chi connectivity index (χ1) is 11.9. The maximum Gasteiger partial charge on any atom is 0.253 e. The van der Waals surface area contributed by atoms with E-state index in [2.05, 4.69) is 11.9 Å². The molecule has 136 valence electrons. The first-order valence-electron chi connectivity index (χ1n) is 8.97. The molecule has 0 saturated heterocycles. The zero-order valence-electron chi connectivity index (χ0n) is 15.3. The van der Waals surface area contributed by atoms with Crippen LogP contribution in [0.4, 0.5) is 0 Å². The normalized spacial score (nSPS) is 17.6. The highest BCUT2D eigenvalue weighted by Gasteiger charge is 2.27. The molecule has 0 radical (unpaired) electrons. The lowest BCUT2D eigenvalue weighted by Crippen LogP contribution is -2.41. The third-order valence-corrected chi connectivity index (χ3v) is 5.41. The number of aliphatic hydroxyl groups is 2. The van der Waals surface area contributed by atoms with Crippen LogP contribution in [0.1, 0.15) is 41.9 Å². The van der Waals surface area contributed by atoms with Gasteiger partial charge in [0, 0.05) is 41.2 Å². The van der Waals surface area contributed by atoms with Crippen molar-refractivity contribution in [3.63, 3.8) is 0 Å². The number of benzene rings is 1. The van der Waals surface area contributed by atoms with Crippen LogP contribution in [0.3, 0.4) is 0 Å². The van der Waals surface area contributed by atoms with Gasteiger partial charge < -0.3 is 20.1 Å². The number of carbonyl (C=O) groups excluding carboxylic acids is 1. The highest BCUT2D eigenvalue weighted by atomic mass is 16.3. The van der Waals surface area contributed by atoms with Crippen LogP contribution in [0, 0.1) is 11.3 Å². The Labute approximate surface area is 148 Å². The summed E-state index contributed by atoms with van der Waals surface area (Å²) >= 11 is 0. The van der Waals surface area contributed by atoms with Gasteiger partial charge in [-0.2, -0.15) is 0 Å². The van der Waals surface area contributed by atoms with E-state index in [1.807, 2.05) is 18.2 Å². The fraction of sp³-hybridized carbons (Fsp3) is 0.550. The topological polar surface area (TPSA) is 76.6 Å². The van der Waals surface area contributed by atoms with E-state index in [-0.39, 0.29) is 19.1 Å². The van der Waals surface area contributed by atoms with Gasteiger partial charge in [-0.05, 0) is 48.9 Å². The first kappa shape index (κ1) is 18.0. The maximum absolute atomic E-state index is 12.8. The Kier molecular flexibility index (Phi) is 4.89. The molecule has 1 unspecified atom stereocenters. The van der Waals surface area contributed by atoms with Crippen molar-refractivity contribution in [3.05, 3.63) is 35.0 Å². The van der Waals surface area contributed by atoms with Gasteiger partial charge in [-0.3, -0.25) is 4.79 Å². The average molecular weight is 344 g/mol. The van der Waals surface area contributed by atoms with Crippen molar-refractivity contribution in [1.82, 2.24) is 9.88 Å². The van der Waals surface area contributed by atoms with Gasteiger partial charge in [0.1, 0.15) is 0 Å². The van der Waals surface area contributed by atoms with Gasteiger partial charge in [-0.1, -0.05) is 13.8 Å². The number of amides is 1. The summed E-state index contributed by atoms with van der Waals surface area (Å²) in [5, 5.41) is 20.1. The second-order valence-electron chi connectivity index (χ2n) is 7.98. The van der Waals surface area contributed by atoms with Crippen molar-refractivity contribution in [3.8, 4) is 0 Å². The molecule has 1 heterocycles. The predicted octanol–water partition coefficient (Wildman–Crippen LogP) is 2.36. The standard InChI is InChI=1S/C20H28N2O3/c1-13-4-6-17-15(8-13)16-9-14(5-7-18(16)21-17)19(25)22(3)10-20(2,11-23)12-24/h5,7,9,13,21,23-24H,4,6,8,10-12H2,1-3H3. The Bertz CT molecular complexity index is 777. The Hall–Kier alpha value is -1.85. The quantitative estimate of drug-likeness (QED) is 0.779. The Morgan fingerprint density at radius 2 is 2.08 bits per heavy atom. The van der Waals surface area contributed by atoms with Gasteiger partial charge in [0.2, 0.25) is 0 Å². The van der Waals surface area contributed by atoms with E-state index in [1.165, 1.54) is 17.7 Å². The third-order valence-electron chi connectivity index (χ3n) is 5.41. The molecule has 1 aliphatic carbocycles. The highest BCUT2D eigenvalue weighted by Crippen LogP contribution is 2.32. The number of nitrogens with one attached hydrogen (secondary N) is 1. The summed E-state index contributed by atoms with van der Waals surface area (Å²) < 4.78 is 0. The molecular weight excluding hydrogens is 316 g/mol. The van der Waals surface area contributed by atoms with Crippen LogP contribution in [0.15, 0.2) is 18.2 Å². The Balaban J connectivity index is 1.88. The molecule has 1 aromatic carbocycles. The zero-order valence-corrected chi connectivity index (χ0v) is 15.3. The lowest BCUT2D eigenvalue weighted by molar-refractivity contribution is 0.0366. The number of rotatable bonds is 5. The number of fused-ring (bicyclic) bond motifs is 3. The molecule has 1 aliphatic rings. The fourth-order valence-electron chi connectivity index (χ4n) is 3.74. The monoisotopic (exact) mass is 344 g/mol. The molecule has 1 aromatic heterocycles. The average Bonchev–Trinajstić information content (AvgIpc) is 2.97. The number of aliphatic hydroxyl groups excluding tert-OH is 2. The fourth-order valence-corrected chi connectivity index (χ4v) is 3.74. The number of hydrogen-bond donors (Lipinski definition) is 3. The molecule has 2 aromatic rings. The molecule has 1 atom stereocenters. The second-order valence-corrected chi connectivity index (χ2v) is 7.98. The molecule has 0 aliphatic heterocycles. The molecule has 3 rings (SSSR count). The summed E-state index contributed by atoms with van der Waals surface area (Å²) in [4.78, 5) is 17.9. The molecule has 0 fully saturated rings. The van der Waals surface area contributed by atoms with Crippen LogP contribution in [-0.4, -0.2) is 52.8 Å². The van der Waals surface area contributed by atoms with E-state index < -0.39 is 5.41 Å². The third kappa shape index (κ3) is 3.44. The van der Waals surface area contributed by atoms with E-state index in [9.17, 15) is 15.0 Å². The van der Waals surface area contributed by atoms with Crippen LogP contribution >= 0.6 is 0 Å². The Morgan fingerprint density at radius 3 is 2.76 bits per heavy atom. The lowest BCUT2D eigenvalue weighted by atomic mass is 9.87. The summed E-state index contributed by atoms with van der Waals surface area (Å²) in [6.07, 6.45) is 3.32. The first-order valence-corrected chi connectivity index (χ1v) is 8.97. The van der Waals surface area contributed by atoms with Crippen molar-refractivity contribution in [1.29, 1.82) is 0 Å². The van der Waals surface area contributed by atoms with Gasteiger partial charge in [0.25, 0.3) is 5.91 Å². The molecule has 0 saturated carbocycles. The van der Waals surface area contributed by atoms with Crippen molar-refractivity contribution >= 4 is 16.8 Å². The van der Waals surface area contributed by atoms with Gasteiger partial charge in [0.15, 0.2) is 0 Å². The van der Waals surface area contributed by atoms with Gasteiger partial charge in [0.05, 0.1) is 13.2 Å². The number of aromatic nitrogens is 1. The number of hydrogen-bond acceptors (Lipinski definition) is 3. The van der Waals surface area contributed by atoms with Crippen LogP contribution in [-0.2, 0) is 12.8 Å². The van der Waals surface area contributed by atoms with Crippen LogP contribution in [0.5, 0.6) is 0 Å². The second kappa shape index (κ2) is 6.81. The van der Waals surface area contributed by atoms with Crippen LogP contribution in [0.2, 0.25) is 0 Å². The summed E-state index contributed by atoms with van der Waals surface area (Å²) in [7, 11) is 1.71. The van der Waals surface area contributed by atoms with Gasteiger partial charge in [-0.15, -0.1) is 0 Å². The minimum absolute atomic E-state index is 0.0890. The molecule has 0 bridgehead atoms. The number of aromatic amines is 1. The molecule has 25 heavy (non-hydrogen) atoms. The van der Waals surface area contributed by atoms with Gasteiger partial charge in [-0.25, -0.2) is 0 Å². The molecule has 5 heteroatoms. The maximum atomic E-state index is 12.8. The summed E-state index contributed by atoms with van der Waals surface area (Å²) in [5.41, 5.74) is 3.69. The van der Waals surface area contributed by atoms with E-state index in [1.54, 1.807) is 18.9 Å². The van der Waals surface area contributed by atoms with Crippen LogP contribution in [0.25, 0.3) is 10.9 Å². The summed E-state index contributed by atoms with van der Waals surface area (Å²) in [5.74, 6) is 0.581. The number of aryl methyl sites for hydroxylation is 1. The minimum Gasteiger partial charge on any atom is -0.396 e. The van der Waals surface area contributed by atoms with Crippen molar-refractivity contribution in [2.75, 3.05) is 26.8 Å². The lowest BCUT2D eigenvalue weighted by Gasteiger charge is -2.30. The largest absolute Gasteiger partial charge is 0.396 e.